The van der Waals surface area contributed by atoms with E-state index in [1.165, 1.54) is 5.56 Å². The van der Waals surface area contributed by atoms with Gasteiger partial charge >= 0.3 is 0 Å². The first-order valence-electron chi connectivity index (χ1n) is 21.6. The summed E-state index contributed by atoms with van der Waals surface area (Å²) in [5, 5.41) is 14.1. The van der Waals surface area contributed by atoms with E-state index in [0.29, 0.717) is 27.8 Å². The minimum atomic E-state index is -1.73. The van der Waals surface area contributed by atoms with E-state index in [1.807, 2.05) is 128 Å². The number of nitrogens with zero attached hydrogens (tertiary/aromatic N) is 1. The van der Waals surface area contributed by atoms with Gasteiger partial charge in [-0.15, -0.1) is 0 Å². The molecule has 304 valence electrons. The SMILES string of the molecule is CC(C)(C)c1ccnc(C2(c3cccc(C(O)(c4cccc(C(=O)c5ccccc5-c5ccccc5)c4)c4ccccc4-c4ccccc4)c3)c3ccccc3-c3ccccc32)c1. The van der Waals surface area contributed by atoms with Gasteiger partial charge in [-0.05, 0) is 90.4 Å². The lowest BCUT2D eigenvalue weighted by atomic mass is 9.67. The average molecular weight is 814 g/mol. The van der Waals surface area contributed by atoms with Crippen LogP contribution in [0.15, 0.2) is 225 Å². The summed E-state index contributed by atoms with van der Waals surface area (Å²) in [5.41, 5.74) is 11.8. The number of aromatic nitrogens is 1. The summed E-state index contributed by atoms with van der Waals surface area (Å²) in [6, 6.07) is 73.7. The fourth-order valence-corrected chi connectivity index (χ4v) is 9.79. The highest BCUT2D eigenvalue weighted by atomic mass is 16.3. The molecule has 3 nitrogen and oxygen atoms in total. The molecule has 0 aliphatic heterocycles. The van der Waals surface area contributed by atoms with Crippen LogP contribution in [0.25, 0.3) is 33.4 Å². The van der Waals surface area contributed by atoms with Crippen molar-refractivity contribution in [2.45, 2.75) is 37.2 Å². The third kappa shape index (κ3) is 6.64. The van der Waals surface area contributed by atoms with Crippen molar-refractivity contribution in [3.8, 4) is 33.4 Å². The number of pyridine rings is 1. The minimum Gasteiger partial charge on any atom is -0.376 e. The molecule has 8 aromatic carbocycles. The van der Waals surface area contributed by atoms with Crippen LogP contribution in [-0.2, 0) is 16.4 Å². The number of benzene rings is 8. The van der Waals surface area contributed by atoms with E-state index in [2.05, 4.69) is 118 Å². The van der Waals surface area contributed by atoms with Gasteiger partial charge in [0.2, 0.25) is 0 Å². The summed E-state index contributed by atoms with van der Waals surface area (Å²) in [7, 11) is 0. The largest absolute Gasteiger partial charge is 0.376 e. The van der Waals surface area contributed by atoms with Crippen LogP contribution >= 0.6 is 0 Å². The van der Waals surface area contributed by atoms with E-state index in [-0.39, 0.29) is 11.2 Å². The molecule has 1 aliphatic rings. The van der Waals surface area contributed by atoms with Crippen molar-refractivity contribution in [3.05, 3.63) is 280 Å². The maximum absolute atomic E-state index is 14.8. The lowest BCUT2D eigenvalue weighted by Gasteiger charge is -2.36. The molecule has 1 aliphatic carbocycles. The molecule has 1 atom stereocenters. The lowest BCUT2D eigenvalue weighted by molar-refractivity contribution is 0.103. The lowest BCUT2D eigenvalue weighted by Crippen LogP contribution is -2.33. The molecule has 0 saturated heterocycles. The third-order valence-electron chi connectivity index (χ3n) is 12.9. The van der Waals surface area contributed by atoms with Crippen LogP contribution in [0, 0.1) is 0 Å². The van der Waals surface area contributed by atoms with Gasteiger partial charge < -0.3 is 5.11 Å². The Hall–Kier alpha value is -7.46. The number of hydrogen-bond acceptors (Lipinski definition) is 3. The molecule has 0 bridgehead atoms. The van der Waals surface area contributed by atoms with Crippen molar-refractivity contribution in [2.24, 2.45) is 0 Å². The van der Waals surface area contributed by atoms with Crippen molar-refractivity contribution in [3.63, 3.8) is 0 Å². The Morgan fingerprint density at radius 1 is 0.476 bits per heavy atom. The van der Waals surface area contributed by atoms with E-state index in [1.54, 1.807) is 0 Å². The summed E-state index contributed by atoms with van der Waals surface area (Å²) in [6.07, 6.45) is 1.94. The molecule has 9 aromatic rings. The van der Waals surface area contributed by atoms with Crippen LogP contribution in [0.2, 0.25) is 0 Å². The fraction of sp³-hybridized carbons (Fsp3) is 0.100. The van der Waals surface area contributed by atoms with Gasteiger partial charge in [-0.25, -0.2) is 0 Å². The first-order chi connectivity index (χ1) is 30.7. The first-order valence-corrected chi connectivity index (χ1v) is 21.6. The van der Waals surface area contributed by atoms with Crippen LogP contribution in [0.3, 0.4) is 0 Å². The monoisotopic (exact) mass is 813 g/mol. The zero-order valence-corrected chi connectivity index (χ0v) is 35.7. The molecular weight excluding hydrogens is 767 g/mol. The second kappa shape index (κ2) is 15.8. The second-order valence-electron chi connectivity index (χ2n) is 17.5. The summed E-state index contributed by atoms with van der Waals surface area (Å²) in [6.45, 7) is 6.71. The molecule has 0 saturated carbocycles. The highest BCUT2D eigenvalue weighted by Gasteiger charge is 2.48. The Morgan fingerprint density at radius 3 is 1.65 bits per heavy atom. The summed E-state index contributed by atoms with van der Waals surface area (Å²) in [4.78, 5) is 20.0. The maximum atomic E-state index is 14.8. The number of carbonyl (C=O) groups is 1. The van der Waals surface area contributed by atoms with E-state index in [9.17, 15) is 9.90 Å². The molecule has 1 unspecified atom stereocenters. The fourth-order valence-electron chi connectivity index (χ4n) is 9.79. The normalized spacial score (nSPS) is 13.7. The van der Waals surface area contributed by atoms with Crippen molar-refractivity contribution < 1.29 is 9.90 Å². The molecule has 0 amide bonds. The van der Waals surface area contributed by atoms with Crippen molar-refractivity contribution in [1.82, 2.24) is 4.98 Å². The molecule has 0 spiro atoms. The van der Waals surface area contributed by atoms with Crippen LogP contribution in [0.4, 0.5) is 0 Å². The highest BCUT2D eigenvalue weighted by Crippen LogP contribution is 2.56. The Bertz CT molecular complexity index is 3100. The molecule has 1 aromatic heterocycles. The van der Waals surface area contributed by atoms with Crippen LogP contribution in [0.1, 0.15) is 81.3 Å². The van der Waals surface area contributed by atoms with Gasteiger partial charge in [-0.3, -0.25) is 9.78 Å². The highest BCUT2D eigenvalue weighted by molar-refractivity contribution is 6.13. The van der Waals surface area contributed by atoms with Crippen molar-refractivity contribution >= 4 is 5.78 Å². The van der Waals surface area contributed by atoms with E-state index in [4.69, 9.17) is 4.98 Å². The van der Waals surface area contributed by atoms with E-state index < -0.39 is 11.0 Å². The molecular formula is C60H47NO2. The Kier molecular flexibility index (Phi) is 9.93. The number of aliphatic hydroxyl groups is 1. The topological polar surface area (TPSA) is 50.2 Å². The van der Waals surface area contributed by atoms with Gasteiger partial charge in [0, 0.05) is 22.9 Å². The summed E-state index contributed by atoms with van der Waals surface area (Å²) >= 11 is 0. The average Bonchev–Trinajstić information content (AvgIpc) is 3.65. The number of ketones is 1. The second-order valence-corrected chi connectivity index (χ2v) is 17.5. The predicted octanol–water partition coefficient (Wildman–Crippen LogP) is 13.6. The van der Waals surface area contributed by atoms with E-state index in [0.717, 1.165) is 55.8 Å². The van der Waals surface area contributed by atoms with Gasteiger partial charge in [-0.2, -0.15) is 0 Å². The van der Waals surface area contributed by atoms with Gasteiger partial charge in [0.15, 0.2) is 5.78 Å². The number of carbonyl (C=O) groups excluding carboxylic acids is 1. The molecule has 1 N–H and O–H groups in total. The summed E-state index contributed by atoms with van der Waals surface area (Å²) in [5.74, 6) is -0.119. The third-order valence-corrected chi connectivity index (χ3v) is 12.9. The van der Waals surface area contributed by atoms with Gasteiger partial charge in [0.05, 0.1) is 11.1 Å². The molecule has 10 rings (SSSR count). The number of rotatable bonds is 9. The molecule has 0 radical (unpaired) electrons. The summed E-state index contributed by atoms with van der Waals surface area (Å²) < 4.78 is 0. The zero-order valence-electron chi connectivity index (χ0n) is 35.7. The van der Waals surface area contributed by atoms with Gasteiger partial charge in [0.1, 0.15) is 5.60 Å². The smallest absolute Gasteiger partial charge is 0.193 e. The Morgan fingerprint density at radius 2 is 1.00 bits per heavy atom. The zero-order chi connectivity index (χ0) is 43.2. The maximum Gasteiger partial charge on any atom is 0.193 e. The minimum absolute atomic E-state index is 0.119. The van der Waals surface area contributed by atoms with Gasteiger partial charge in [0.25, 0.3) is 0 Å². The van der Waals surface area contributed by atoms with E-state index >= 15 is 0 Å². The Labute approximate surface area is 370 Å². The van der Waals surface area contributed by atoms with Gasteiger partial charge in [-0.1, -0.05) is 221 Å². The Balaban J connectivity index is 1.23. The van der Waals surface area contributed by atoms with Crippen LogP contribution in [-0.4, -0.2) is 15.9 Å². The van der Waals surface area contributed by atoms with Crippen molar-refractivity contribution in [1.29, 1.82) is 0 Å². The first kappa shape index (κ1) is 39.7. The standard InChI is InChI=1S/C60H47NO2/c1-58(2,3)44-36-37-61-56(40-44)59(53-33-15-13-30-50(53)51-31-14-16-34-54(51)59)45-25-19-27-47(39-45)60(63,55-35-17-12-29-49(55)42-22-8-5-9-23-42)46-26-18-24-43(38-46)57(62)52-32-11-10-28-48(52)41-20-6-4-7-21-41/h4-40,63H,1-3H3. The molecule has 3 heteroatoms. The number of fused-ring (bicyclic) bond motifs is 3. The molecule has 1 heterocycles. The predicted molar refractivity (Wildman–Crippen MR) is 256 cm³/mol. The quantitative estimate of drug-likeness (QED) is 0.117. The molecule has 63 heavy (non-hydrogen) atoms. The van der Waals surface area contributed by atoms with Crippen LogP contribution < -0.4 is 0 Å². The van der Waals surface area contributed by atoms with Crippen LogP contribution in [0.5, 0.6) is 0 Å². The molecule has 0 fully saturated rings. The number of hydrogen-bond donors (Lipinski definition) is 1. The van der Waals surface area contributed by atoms with Crippen molar-refractivity contribution in [2.75, 3.05) is 0 Å².